The Labute approximate surface area is 111 Å². The van der Waals surface area contributed by atoms with Gasteiger partial charge in [-0.05, 0) is 0 Å². The van der Waals surface area contributed by atoms with Gasteiger partial charge in [0.2, 0.25) is 11.9 Å². The van der Waals surface area contributed by atoms with Crippen LogP contribution >= 0.6 is 0 Å². The summed E-state index contributed by atoms with van der Waals surface area (Å²) in [5.41, 5.74) is 0. The molecule has 0 bridgehead atoms. The number of alkyl halides is 3. The van der Waals surface area contributed by atoms with Crippen LogP contribution in [0.4, 0.5) is 25.1 Å². The van der Waals surface area contributed by atoms with Gasteiger partial charge >= 0.3 is 6.18 Å². The van der Waals surface area contributed by atoms with Crippen molar-refractivity contribution in [2.75, 3.05) is 24.2 Å². The molecule has 0 aromatic carbocycles. The number of anilines is 2. The van der Waals surface area contributed by atoms with E-state index < -0.39 is 12.6 Å². The first-order valence-electron chi connectivity index (χ1n) is 5.57. The summed E-state index contributed by atoms with van der Waals surface area (Å²) >= 11 is 0. The van der Waals surface area contributed by atoms with Crippen LogP contribution in [0.15, 0.2) is 12.7 Å². The van der Waals surface area contributed by atoms with Crippen molar-refractivity contribution in [2.24, 2.45) is 0 Å². The van der Waals surface area contributed by atoms with Crippen molar-refractivity contribution in [3.8, 4) is 5.95 Å². The van der Waals surface area contributed by atoms with Crippen molar-refractivity contribution in [1.82, 2.24) is 29.7 Å². The molecule has 0 spiro atoms. The number of aromatic nitrogens is 6. The predicted molar refractivity (Wildman–Crippen MR) is 63.5 cm³/mol. The molecule has 0 aliphatic carbocycles. The summed E-state index contributed by atoms with van der Waals surface area (Å²) in [6.07, 6.45) is -2.55. The summed E-state index contributed by atoms with van der Waals surface area (Å²) in [6, 6.07) is 0. The number of hydrogen-bond donors (Lipinski definition) is 2. The third-order valence-corrected chi connectivity index (χ3v) is 2.16. The second-order valence-electron chi connectivity index (χ2n) is 3.66. The van der Waals surface area contributed by atoms with Crippen molar-refractivity contribution in [2.45, 2.75) is 12.6 Å². The smallest absolute Gasteiger partial charge is 0.357 e. The van der Waals surface area contributed by atoms with Gasteiger partial charge in [0.25, 0.3) is 5.95 Å². The normalized spacial score (nSPS) is 11.4. The average molecular weight is 288 g/mol. The minimum atomic E-state index is -4.24. The summed E-state index contributed by atoms with van der Waals surface area (Å²) in [7, 11) is 1.58. The predicted octanol–water partition coefficient (Wildman–Crippen LogP) is 0.858. The number of hydrogen-bond acceptors (Lipinski definition) is 7. The molecule has 0 saturated heterocycles. The molecule has 2 aromatic heterocycles. The molecule has 2 heterocycles. The summed E-state index contributed by atoms with van der Waals surface area (Å²) in [5, 5.41) is 9.02. The van der Waals surface area contributed by atoms with Crippen LogP contribution in [0.2, 0.25) is 0 Å². The Morgan fingerprint density at radius 3 is 2.55 bits per heavy atom. The highest BCUT2D eigenvalue weighted by atomic mass is 19.4. The van der Waals surface area contributed by atoms with E-state index in [0.29, 0.717) is 0 Å². The van der Waals surface area contributed by atoms with Crippen LogP contribution in [0.5, 0.6) is 0 Å². The van der Waals surface area contributed by atoms with Gasteiger partial charge in [0.1, 0.15) is 12.7 Å². The summed E-state index contributed by atoms with van der Waals surface area (Å²) in [4.78, 5) is 15.6. The van der Waals surface area contributed by atoms with E-state index in [1.54, 1.807) is 7.05 Å². The Morgan fingerprint density at radius 2 is 1.95 bits per heavy atom. The van der Waals surface area contributed by atoms with Gasteiger partial charge in [-0.2, -0.15) is 37.9 Å². The second kappa shape index (κ2) is 5.67. The Hall–Kier alpha value is -2.46. The van der Waals surface area contributed by atoms with E-state index in [-0.39, 0.29) is 24.4 Å². The average Bonchev–Trinajstić information content (AvgIpc) is 2.90. The molecule has 0 amide bonds. The lowest BCUT2D eigenvalue weighted by molar-refractivity contribution is -0.131. The van der Waals surface area contributed by atoms with Crippen LogP contribution < -0.4 is 10.6 Å². The minimum absolute atomic E-state index is 0.0269. The fourth-order valence-electron chi connectivity index (χ4n) is 1.29. The van der Waals surface area contributed by atoms with E-state index in [0.717, 1.165) is 0 Å². The van der Waals surface area contributed by atoms with Gasteiger partial charge < -0.3 is 10.6 Å². The molecule has 11 heteroatoms. The van der Waals surface area contributed by atoms with E-state index in [1.165, 1.54) is 17.3 Å². The molecule has 0 atom stereocenters. The fraction of sp³-hybridized carbons (Fsp3) is 0.444. The minimum Gasteiger partial charge on any atom is -0.357 e. The van der Waals surface area contributed by atoms with Gasteiger partial charge in [0.15, 0.2) is 0 Å². The lowest BCUT2D eigenvalue weighted by Gasteiger charge is -2.09. The monoisotopic (exact) mass is 288 g/mol. The molecule has 2 N–H and O–H groups in total. The van der Waals surface area contributed by atoms with E-state index in [2.05, 4.69) is 35.7 Å². The molecule has 20 heavy (non-hydrogen) atoms. The maximum absolute atomic E-state index is 12.1. The van der Waals surface area contributed by atoms with Crippen LogP contribution in [0.25, 0.3) is 5.95 Å². The SMILES string of the molecule is CNc1nc(NCCC(F)(F)F)nc(-n2cncn2)n1. The number of halogens is 3. The molecule has 2 aromatic rings. The van der Waals surface area contributed by atoms with Crippen molar-refractivity contribution in [3.63, 3.8) is 0 Å². The Morgan fingerprint density at radius 1 is 1.20 bits per heavy atom. The van der Waals surface area contributed by atoms with Gasteiger partial charge in [0.05, 0.1) is 6.42 Å². The van der Waals surface area contributed by atoms with E-state index in [4.69, 9.17) is 0 Å². The molecule has 8 nitrogen and oxygen atoms in total. The number of nitrogens with zero attached hydrogens (tertiary/aromatic N) is 6. The highest BCUT2D eigenvalue weighted by Gasteiger charge is 2.26. The Kier molecular flexibility index (Phi) is 3.96. The van der Waals surface area contributed by atoms with Crippen molar-refractivity contribution >= 4 is 11.9 Å². The third-order valence-electron chi connectivity index (χ3n) is 2.16. The van der Waals surface area contributed by atoms with Gasteiger partial charge in [-0.25, -0.2) is 4.98 Å². The molecular formula is C9H11F3N8. The van der Waals surface area contributed by atoms with Crippen molar-refractivity contribution < 1.29 is 13.2 Å². The quantitative estimate of drug-likeness (QED) is 0.842. The molecule has 0 saturated carbocycles. The van der Waals surface area contributed by atoms with E-state index >= 15 is 0 Å². The highest BCUT2D eigenvalue weighted by Crippen LogP contribution is 2.19. The van der Waals surface area contributed by atoms with E-state index in [9.17, 15) is 13.2 Å². The fourth-order valence-corrected chi connectivity index (χ4v) is 1.29. The first-order chi connectivity index (χ1) is 9.48. The van der Waals surface area contributed by atoms with Gasteiger partial charge in [-0.3, -0.25) is 0 Å². The maximum atomic E-state index is 12.1. The lowest BCUT2D eigenvalue weighted by atomic mass is 10.4. The highest BCUT2D eigenvalue weighted by molar-refractivity contribution is 5.37. The molecule has 0 aliphatic heterocycles. The Bertz CT molecular complexity index is 553. The van der Waals surface area contributed by atoms with Crippen LogP contribution in [0.3, 0.4) is 0 Å². The molecule has 2 rings (SSSR count). The zero-order valence-corrected chi connectivity index (χ0v) is 10.4. The third kappa shape index (κ3) is 3.76. The zero-order chi connectivity index (χ0) is 14.6. The van der Waals surface area contributed by atoms with Crippen LogP contribution in [0, 0.1) is 0 Å². The summed E-state index contributed by atoms with van der Waals surface area (Å²) in [5.74, 6) is 0.385. The van der Waals surface area contributed by atoms with Gasteiger partial charge in [0, 0.05) is 13.6 Å². The van der Waals surface area contributed by atoms with Crippen molar-refractivity contribution in [1.29, 1.82) is 0 Å². The van der Waals surface area contributed by atoms with Gasteiger partial charge in [-0.15, -0.1) is 0 Å². The van der Waals surface area contributed by atoms with Crippen LogP contribution in [0.1, 0.15) is 6.42 Å². The first-order valence-corrected chi connectivity index (χ1v) is 5.57. The molecular weight excluding hydrogens is 277 g/mol. The van der Waals surface area contributed by atoms with E-state index in [1.807, 2.05) is 0 Å². The Balaban J connectivity index is 2.14. The van der Waals surface area contributed by atoms with Crippen LogP contribution in [-0.2, 0) is 0 Å². The lowest BCUT2D eigenvalue weighted by Crippen LogP contribution is -2.17. The maximum Gasteiger partial charge on any atom is 0.390 e. The molecule has 0 fully saturated rings. The largest absolute Gasteiger partial charge is 0.390 e. The molecule has 0 unspecified atom stereocenters. The standard InChI is InChI=1S/C9H11F3N8/c1-13-6-17-7(15-3-2-9(10,11)12)19-8(18-6)20-5-14-4-16-20/h4-5H,2-3H2,1H3,(H2,13,15,17,18,19). The van der Waals surface area contributed by atoms with Crippen LogP contribution in [-0.4, -0.2) is 49.5 Å². The molecule has 108 valence electrons. The second-order valence-corrected chi connectivity index (χ2v) is 3.66. The molecule has 0 radical (unpaired) electrons. The first kappa shape index (κ1) is 14.0. The molecule has 0 aliphatic rings. The van der Waals surface area contributed by atoms with Crippen molar-refractivity contribution in [3.05, 3.63) is 12.7 Å². The number of nitrogens with one attached hydrogen (secondary N) is 2. The van der Waals surface area contributed by atoms with Gasteiger partial charge in [-0.1, -0.05) is 0 Å². The summed E-state index contributed by atoms with van der Waals surface area (Å²) in [6.45, 7) is -0.326. The topological polar surface area (TPSA) is 93.4 Å². The number of rotatable bonds is 5. The zero-order valence-electron chi connectivity index (χ0n) is 10.4. The summed E-state index contributed by atoms with van der Waals surface area (Å²) < 4.78 is 37.5.